The highest BCUT2D eigenvalue weighted by molar-refractivity contribution is 5.79. The molecule has 3 nitrogen and oxygen atoms in total. The Morgan fingerprint density at radius 3 is 1.53 bits per heavy atom. The number of hydrogen-bond donors (Lipinski definition) is 2. The number of carbonyl (C=O) groups is 1. The van der Waals surface area contributed by atoms with Gasteiger partial charge in [0, 0.05) is 0 Å². The molecule has 98 valence electrons. The first-order valence-electron chi connectivity index (χ1n) is 7.18. The Morgan fingerprint density at radius 2 is 1.24 bits per heavy atom. The summed E-state index contributed by atoms with van der Waals surface area (Å²) in [7, 11) is 0. The van der Waals surface area contributed by atoms with Crippen LogP contribution in [0.3, 0.4) is 0 Å². The molecular formula is C14H25NO2. The molecule has 0 bridgehead atoms. The monoisotopic (exact) mass is 239 g/mol. The predicted molar refractivity (Wildman–Crippen MR) is 67.7 cm³/mol. The molecule has 2 aliphatic carbocycles. The van der Waals surface area contributed by atoms with Crippen LogP contribution in [0.25, 0.3) is 0 Å². The fraction of sp³-hybridized carbons (Fsp3) is 0.929. The lowest BCUT2D eigenvalue weighted by molar-refractivity contribution is -0.150. The first-order chi connectivity index (χ1) is 8.15. The molecule has 2 rings (SSSR count). The van der Waals surface area contributed by atoms with Gasteiger partial charge in [0.15, 0.2) is 0 Å². The van der Waals surface area contributed by atoms with E-state index in [2.05, 4.69) is 0 Å². The minimum Gasteiger partial charge on any atom is -0.480 e. The Hall–Kier alpha value is -0.570. The molecule has 3 heteroatoms. The van der Waals surface area contributed by atoms with E-state index in [0.29, 0.717) is 0 Å². The highest BCUT2D eigenvalue weighted by Crippen LogP contribution is 2.41. The molecule has 0 saturated heterocycles. The third-order valence-corrected chi connectivity index (χ3v) is 4.93. The molecule has 0 heterocycles. The maximum atomic E-state index is 11.7. The Labute approximate surface area is 104 Å². The fourth-order valence-corrected chi connectivity index (χ4v) is 3.84. The van der Waals surface area contributed by atoms with Gasteiger partial charge in [0.05, 0.1) is 0 Å². The highest BCUT2D eigenvalue weighted by Gasteiger charge is 2.48. The number of aliphatic carboxylic acids is 1. The Bertz CT molecular complexity index is 247. The number of carboxylic acid groups (broad SMARTS) is 1. The zero-order chi connectivity index (χ0) is 12.3. The molecule has 17 heavy (non-hydrogen) atoms. The first kappa shape index (κ1) is 12.9. The third-order valence-electron chi connectivity index (χ3n) is 4.93. The van der Waals surface area contributed by atoms with Gasteiger partial charge >= 0.3 is 5.97 Å². The summed E-state index contributed by atoms with van der Waals surface area (Å²) < 4.78 is 0. The van der Waals surface area contributed by atoms with Gasteiger partial charge in [0.2, 0.25) is 0 Å². The van der Waals surface area contributed by atoms with Crippen LogP contribution in [0.4, 0.5) is 0 Å². The zero-order valence-electron chi connectivity index (χ0n) is 10.7. The topological polar surface area (TPSA) is 63.3 Å². The van der Waals surface area contributed by atoms with Crippen molar-refractivity contribution in [1.82, 2.24) is 0 Å². The summed E-state index contributed by atoms with van der Waals surface area (Å²) in [5, 5.41) is 9.61. The van der Waals surface area contributed by atoms with E-state index in [9.17, 15) is 9.90 Å². The summed E-state index contributed by atoms with van der Waals surface area (Å²) in [5.41, 5.74) is 5.45. The van der Waals surface area contributed by atoms with Crippen molar-refractivity contribution in [2.45, 2.75) is 69.7 Å². The van der Waals surface area contributed by atoms with E-state index in [1.165, 1.54) is 12.8 Å². The summed E-state index contributed by atoms with van der Waals surface area (Å²) in [4.78, 5) is 11.7. The van der Waals surface area contributed by atoms with Gasteiger partial charge in [-0.25, -0.2) is 0 Å². The second-order valence-corrected chi connectivity index (χ2v) is 5.91. The van der Waals surface area contributed by atoms with E-state index >= 15 is 0 Å². The van der Waals surface area contributed by atoms with Gasteiger partial charge < -0.3 is 10.8 Å². The van der Waals surface area contributed by atoms with Gasteiger partial charge in [-0.1, -0.05) is 38.5 Å². The van der Waals surface area contributed by atoms with Crippen molar-refractivity contribution in [3.63, 3.8) is 0 Å². The standard InChI is InChI=1S/C14H25NO2/c15-14(13(16)17,11-7-3-1-4-8-11)12-9-5-2-6-10-12/h11-12H,1-10,15H2,(H,16,17). The average molecular weight is 239 g/mol. The van der Waals surface area contributed by atoms with Gasteiger partial charge in [0.1, 0.15) is 5.54 Å². The summed E-state index contributed by atoms with van der Waals surface area (Å²) in [6.45, 7) is 0. The molecule has 0 spiro atoms. The van der Waals surface area contributed by atoms with Crippen LogP contribution in [-0.2, 0) is 4.79 Å². The van der Waals surface area contributed by atoms with Crippen LogP contribution >= 0.6 is 0 Å². The van der Waals surface area contributed by atoms with Crippen molar-refractivity contribution in [3.05, 3.63) is 0 Å². The van der Waals surface area contributed by atoms with E-state index < -0.39 is 11.5 Å². The molecule has 0 unspecified atom stereocenters. The molecule has 2 fully saturated rings. The van der Waals surface area contributed by atoms with Crippen LogP contribution < -0.4 is 5.73 Å². The third kappa shape index (κ3) is 2.49. The van der Waals surface area contributed by atoms with Gasteiger partial charge in [-0.2, -0.15) is 0 Å². The Kier molecular flexibility index (Phi) is 4.08. The summed E-state index contributed by atoms with van der Waals surface area (Å²) in [6.07, 6.45) is 11.2. The van der Waals surface area contributed by atoms with Crippen LogP contribution in [-0.4, -0.2) is 16.6 Å². The SMILES string of the molecule is NC(C(=O)O)(C1CCCCC1)C1CCCCC1. The van der Waals surface area contributed by atoms with Crippen molar-refractivity contribution < 1.29 is 9.90 Å². The Balaban J connectivity index is 2.14. The highest BCUT2D eigenvalue weighted by atomic mass is 16.4. The maximum Gasteiger partial charge on any atom is 0.324 e. The maximum absolute atomic E-state index is 11.7. The molecule has 0 aromatic rings. The smallest absolute Gasteiger partial charge is 0.324 e. The number of carboxylic acids is 1. The van der Waals surface area contributed by atoms with Crippen molar-refractivity contribution in [2.24, 2.45) is 17.6 Å². The summed E-state index contributed by atoms with van der Waals surface area (Å²) in [6, 6.07) is 0. The quantitative estimate of drug-likeness (QED) is 0.796. The van der Waals surface area contributed by atoms with Gasteiger partial charge in [-0.15, -0.1) is 0 Å². The van der Waals surface area contributed by atoms with E-state index in [4.69, 9.17) is 5.73 Å². The molecule has 3 N–H and O–H groups in total. The molecule has 2 saturated carbocycles. The molecule has 0 radical (unpaired) electrons. The van der Waals surface area contributed by atoms with E-state index in [1.54, 1.807) is 0 Å². The second kappa shape index (κ2) is 5.38. The zero-order valence-corrected chi connectivity index (χ0v) is 10.7. The molecule has 0 atom stereocenters. The molecule has 0 aromatic heterocycles. The number of rotatable bonds is 3. The molecule has 0 amide bonds. The van der Waals surface area contributed by atoms with E-state index in [-0.39, 0.29) is 11.8 Å². The van der Waals surface area contributed by atoms with Crippen LogP contribution in [0.15, 0.2) is 0 Å². The minimum absolute atomic E-state index is 0.205. The molecule has 2 aliphatic rings. The van der Waals surface area contributed by atoms with Crippen molar-refractivity contribution >= 4 is 5.97 Å². The lowest BCUT2D eigenvalue weighted by atomic mass is 9.64. The van der Waals surface area contributed by atoms with Crippen molar-refractivity contribution in [1.29, 1.82) is 0 Å². The first-order valence-corrected chi connectivity index (χ1v) is 7.18. The van der Waals surface area contributed by atoms with Gasteiger partial charge in [-0.05, 0) is 37.5 Å². The van der Waals surface area contributed by atoms with E-state index in [1.807, 2.05) is 0 Å². The van der Waals surface area contributed by atoms with Gasteiger partial charge in [-0.3, -0.25) is 4.79 Å². The van der Waals surface area contributed by atoms with Crippen LogP contribution in [0.1, 0.15) is 64.2 Å². The Morgan fingerprint density at radius 1 is 0.882 bits per heavy atom. The van der Waals surface area contributed by atoms with E-state index in [0.717, 1.165) is 51.4 Å². The summed E-state index contributed by atoms with van der Waals surface area (Å²) in [5.74, 6) is -0.343. The normalized spacial score (nSPS) is 24.8. The lowest BCUT2D eigenvalue weighted by Crippen LogP contribution is -2.60. The molecular weight excluding hydrogens is 214 g/mol. The molecule has 0 aliphatic heterocycles. The largest absolute Gasteiger partial charge is 0.480 e. The van der Waals surface area contributed by atoms with Gasteiger partial charge in [0.25, 0.3) is 0 Å². The fourth-order valence-electron chi connectivity index (χ4n) is 3.84. The van der Waals surface area contributed by atoms with Crippen molar-refractivity contribution in [3.8, 4) is 0 Å². The lowest BCUT2D eigenvalue weighted by Gasteiger charge is -2.43. The number of hydrogen-bond acceptors (Lipinski definition) is 2. The average Bonchev–Trinajstić information content (AvgIpc) is 2.39. The molecule has 0 aromatic carbocycles. The van der Waals surface area contributed by atoms with Crippen LogP contribution in [0.2, 0.25) is 0 Å². The van der Waals surface area contributed by atoms with Crippen LogP contribution in [0.5, 0.6) is 0 Å². The predicted octanol–water partition coefficient (Wildman–Crippen LogP) is 2.93. The van der Waals surface area contributed by atoms with Crippen molar-refractivity contribution in [2.75, 3.05) is 0 Å². The second-order valence-electron chi connectivity index (χ2n) is 5.91. The van der Waals surface area contributed by atoms with Crippen LogP contribution in [0, 0.1) is 11.8 Å². The number of nitrogens with two attached hydrogens (primary N) is 1. The summed E-state index contributed by atoms with van der Waals surface area (Å²) >= 11 is 0. The minimum atomic E-state index is -0.944.